The van der Waals surface area contributed by atoms with Gasteiger partial charge in [-0.2, -0.15) is 0 Å². The molecule has 0 spiro atoms. The van der Waals surface area contributed by atoms with Gasteiger partial charge in [0, 0.05) is 25.5 Å². The Morgan fingerprint density at radius 2 is 2.05 bits per heavy atom. The Morgan fingerprint density at radius 1 is 1.26 bits per heavy atom. The van der Waals surface area contributed by atoms with E-state index >= 15 is 0 Å². The van der Waals surface area contributed by atoms with Gasteiger partial charge in [0.15, 0.2) is 0 Å². The minimum Gasteiger partial charge on any atom is -0.356 e. The summed E-state index contributed by atoms with van der Waals surface area (Å²) in [4.78, 5) is 4.31. The van der Waals surface area contributed by atoms with Gasteiger partial charge in [0.2, 0.25) is 5.95 Å². The van der Waals surface area contributed by atoms with E-state index in [1.165, 1.54) is 18.6 Å². The Balaban J connectivity index is 1.88. The van der Waals surface area contributed by atoms with Gasteiger partial charge >= 0.3 is 0 Å². The van der Waals surface area contributed by atoms with Crippen LogP contribution in [0.3, 0.4) is 0 Å². The third kappa shape index (κ3) is 4.09. The van der Waals surface area contributed by atoms with Crippen molar-refractivity contribution in [3.05, 3.63) is 48.0 Å². The molecule has 2 aromatic rings. The first kappa shape index (κ1) is 13.6. The van der Waals surface area contributed by atoms with Crippen molar-refractivity contribution in [1.29, 1.82) is 0 Å². The summed E-state index contributed by atoms with van der Waals surface area (Å²) in [6.45, 7) is 3.97. The molecule has 0 fully saturated rings. The van der Waals surface area contributed by atoms with Gasteiger partial charge in [-0.05, 0) is 30.5 Å². The van der Waals surface area contributed by atoms with E-state index < -0.39 is 0 Å². The maximum Gasteiger partial charge on any atom is 0.202 e. The van der Waals surface area contributed by atoms with Crippen molar-refractivity contribution in [3.8, 4) is 0 Å². The molecule has 0 bridgehead atoms. The van der Waals surface area contributed by atoms with Crippen molar-refractivity contribution < 1.29 is 4.39 Å². The number of hydrogen-bond donors (Lipinski definition) is 1. The third-order valence-corrected chi connectivity index (χ3v) is 3.08. The van der Waals surface area contributed by atoms with Crippen LogP contribution >= 0.6 is 0 Å². The van der Waals surface area contributed by atoms with Crippen molar-refractivity contribution >= 4 is 5.95 Å². The van der Waals surface area contributed by atoms with Crippen molar-refractivity contribution in [2.75, 3.05) is 11.9 Å². The molecule has 19 heavy (non-hydrogen) atoms. The number of aromatic nitrogens is 2. The van der Waals surface area contributed by atoms with Crippen LogP contribution in [0.5, 0.6) is 0 Å². The van der Waals surface area contributed by atoms with Gasteiger partial charge in [0.25, 0.3) is 0 Å². The van der Waals surface area contributed by atoms with Crippen LogP contribution in [-0.4, -0.2) is 16.1 Å². The number of rotatable bonds is 7. The zero-order chi connectivity index (χ0) is 13.5. The van der Waals surface area contributed by atoms with Gasteiger partial charge in [-0.1, -0.05) is 25.5 Å². The van der Waals surface area contributed by atoms with E-state index in [2.05, 4.69) is 21.8 Å². The molecule has 1 N–H and O–H groups in total. The summed E-state index contributed by atoms with van der Waals surface area (Å²) < 4.78 is 14.9. The monoisotopic (exact) mass is 261 g/mol. The minimum absolute atomic E-state index is 0.187. The van der Waals surface area contributed by atoms with Gasteiger partial charge in [0.1, 0.15) is 5.82 Å². The highest BCUT2D eigenvalue weighted by molar-refractivity contribution is 5.26. The Labute approximate surface area is 113 Å². The molecule has 0 saturated carbocycles. The van der Waals surface area contributed by atoms with Crippen LogP contribution in [0.4, 0.5) is 10.3 Å². The Kier molecular flexibility index (Phi) is 4.95. The molecular weight excluding hydrogens is 241 g/mol. The maximum absolute atomic E-state index is 12.8. The van der Waals surface area contributed by atoms with E-state index in [0.29, 0.717) is 0 Å². The molecule has 2 rings (SSSR count). The quantitative estimate of drug-likeness (QED) is 0.773. The van der Waals surface area contributed by atoms with Crippen molar-refractivity contribution in [2.24, 2.45) is 0 Å². The molecule has 0 unspecified atom stereocenters. The van der Waals surface area contributed by atoms with Crippen LogP contribution in [0.15, 0.2) is 36.7 Å². The van der Waals surface area contributed by atoms with Crippen molar-refractivity contribution in [3.63, 3.8) is 0 Å². The minimum atomic E-state index is -0.187. The van der Waals surface area contributed by atoms with Crippen LogP contribution in [-0.2, 0) is 13.0 Å². The smallest absolute Gasteiger partial charge is 0.202 e. The molecule has 1 aromatic carbocycles. The maximum atomic E-state index is 12.8. The second-order valence-electron chi connectivity index (χ2n) is 4.60. The number of benzene rings is 1. The zero-order valence-electron chi connectivity index (χ0n) is 11.3. The van der Waals surface area contributed by atoms with Gasteiger partial charge in [-0.3, -0.25) is 0 Å². The van der Waals surface area contributed by atoms with E-state index in [9.17, 15) is 4.39 Å². The lowest BCUT2D eigenvalue weighted by Crippen LogP contribution is -2.09. The molecule has 1 heterocycles. The molecule has 0 aliphatic carbocycles. The molecule has 4 heteroatoms. The first-order valence-electron chi connectivity index (χ1n) is 6.79. The van der Waals surface area contributed by atoms with Crippen molar-refractivity contribution in [2.45, 2.75) is 32.7 Å². The van der Waals surface area contributed by atoms with Crippen molar-refractivity contribution in [1.82, 2.24) is 9.55 Å². The van der Waals surface area contributed by atoms with E-state index in [1.807, 2.05) is 18.3 Å². The summed E-state index contributed by atoms with van der Waals surface area (Å²) in [5, 5.41) is 3.33. The van der Waals surface area contributed by atoms with Crippen LogP contribution in [0.25, 0.3) is 0 Å². The Hall–Kier alpha value is -1.84. The second kappa shape index (κ2) is 6.92. The highest BCUT2D eigenvalue weighted by atomic mass is 19.1. The van der Waals surface area contributed by atoms with Crippen LogP contribution in [0.2, 0.25) is 0 Å². The van der Waals surface area contributed by atoms with E-state index in [4.69, 9.17) is 0 Å². The fraction of sp³-hybridized carbons (Fsp3) is 0.400. The lowest BCUT2D eigenvalue weighted by Gasteiger charge is -2.09. The summed E-state index contributed by atoms with van der Waals surface area (Å²) in [5.41, 5.74) is 1.13. The highest BCUT2D eigenvalue weighted by Gasteiger charge is 2.02. The number of unbranched alkanes of at least 4 members (excludes halogenated alkanes) is 1. The summed E-state index contributed by atoms with van der Waals surface area (Å²) in [5.74, 6) is 0.726. The summed E-state index contributed by atoms with van der Waals surface area (Å²) in [6, 6.07) is 6.67. The Morgan fingerprint density at radius 3 is 2.79 bits per heavy atom. The molecule has 0 atom stereocenters. The predicted octanol–water partition coefficient (Wildman–Crippen LogP) is 3.48. The van der Waals surface area contributed by atoms with Gasteiger partial charge < -0.3 is 9.88 Å². The van der Waals surface area contributed by atoms with Gasteiger partial charge in [-0.15, -0.1) is 0 Å². The van der Waals surface area contributed by atoms with Crippen LogP contribution in [0, 0.1) is 5.82 Å². The number of hydrogen-bond acceptors (Lipinski definition) is 2. The van der Waals surface area contributed by atoms with E-state index in [0.717, 1.165) is 37.4 Å². The largest absolute Gasteiger partial charge is 0.356 e. The lowest BCUT2D eigenvalue weighted by molar-refractivity contribution is 0.625. The standard InChI is InChI=1S/C15H20FN3/c1-2-3-9-17-15-18-10-12-19(15)11-8-13-4-6-14(16)7-5-13/h4-7,10,12H,2-3,8-9,11H2,1H3,(H,17,18). The molecule has 3 nitrogen and oxygen atoms in total. The Bertz CT molecular complexity index is 490. The van der Waals surface area contributed by atoms with Crippen LogP contribution < -0.4 is 5.32 Å². The fourth-order valence-electron chi connectivity index (χ4n) is 1.93. The predicted molar refractivity (Wildman–Crippen MR) is 75.7 cm³/mol. The van der Waals surface area contributed by atoms with E-state index in [1.54, 1.807) is 6.20 Å². The third-order valence-electron chi connectivity index (χ3n) is 3.08. The molecule has 0 aliphatic rings. The number of nitrogens with one attached hydrogen (secondary N) is 1. The molecule has 0 saturated heterocycles. The summed E-state index contributed by atoms with van der Waals surface area (Å²) in [6.07, 6.45) is 6.96. The number of halogens is 1. The normalized spacial score (nSPS) is 10.6. The van der Waals surface area contributed by atoms with E-state index in [-0.39, 0.29) is 5.82 Å². The van der Waals surface area contributed by atoms with Gasteiger partial charge in [-0.25, -0.2) is 9.37 Å². The number of aryl methyl sites for hydroxylation is 2. The van der Waals surface area contributed by atoms with Crippen LogP contribution in [0.1, 0.15) is 25.3 Å². The fourth-order valence-corrected chi connectivity index (χ4v) is 1.93. The number of anilines is 1. The topological polar surface area (TPSA) is 29.9 Å². The molecular formula is C15H20FN3. The summed E-state index contributed by atoms with van der Waals surface area (Å²) in [7, 11) is 0. The second-order valence-corrected chi connectivity index (χ2v) is 4.60. The average molecular weight is 261 g/mol. The zero-order valence-corrected chi connectivity index (χ0v) is 11.3. The highest BCUT2D eigenvalue weighted by Crippen LogP contribution is 2.09. The first-order valence-corrected chi connectivity index (χ1v) is 6.79. The molecule has 0 amide bonds. The molecule has 102 valence electrons. The number of imidazole rings is 1. The first-order chi connectivity index (χ1) is 9.29. The average Bonchev–Trinajstić information content (AvgIpc) is 2.86. The molecule has 0 aliphatic heterocycles. The molecule has 1 aromatic heterocycles. The summed E-state index contributed by atoms with van der Waals surface area (Å²) >= 11 is 0. The lowest BCUT2D eigenvalue weighted by atomic mass is 10.1. The van der Waals surface area contributed by atoms with Gasteiger partial charge in [0.05, 0.1) is 0 Å². The number of nitrogens with zero attached hydrogens (tertiary/aromatic N) is 2. The SMILES string of the molecule is CCCCNc1nccn1CCc1ccc(F)cc1. The molecule has 0 radical (unpaired) electrons.